The van der Waals surface area contributed by atoms with E-state index in [1.54, 1.807) is 41.6 Å². The second-order valence-corrected chi connectivity index (χ2v) is 6.50. The van der Waals surface area contributed by atoms with Crippen molar-refractivity contribution in [1.29, 1.82) is 0 Å². The lowest BCUT2D eigenvalue weighted by molar-refractivity contribution is -0.139. The predicted octanol–water partition coefficient (Wildman–Crippen LogP) is 2.80. The molecular formula is C20H19FN4O3. The van der Waals surface area contributed by atoms with Crippen molar-refractivity contribution in [1.82, 2.24) is 20.0 Å². The number of aromatic nitrogens is 3. The maximum Gasteiger partial charge on any atom is 0.227 e. The van der Waals surface area contributed by atoms with E-state index in [1.165, 1.54) is 12.1 Å². The van der Waals surface area contributed by atoms with Crippen molar-refractivity contribution in [2.24, 2.45) is 0 Å². The van der Waals surface area contributed by atoms with Gasteiger partial charge < -0.3 is 14.2 Å². The van der Waals surface area contributed by atoms with Crippen molar-refractivity contribution in [3.63, 3.8) is 0 Å². The number of carbonyl (C=O) groups excluding carboxylic acids is 1. The lowest BCUT2D eigenvalue weighted by Gasteiger charge is -2.33. The Kier molecular flexibility index (Phi) is 5.38. The smallest absolute Gasteiger partial charge is 0.227 e. The highest BCUT2D eigenvalue weighted by molar-refractivity contribution is 5.76. The van der Waals surface area contributed by atoms with E-state index in [0.29, 0.717) is 37.8 Å². The zero-order chi connectivity index (χ0) is 19.3. The number of morpholine rings is 1. The Morgan fingerprint density at radius 1 is 1.18 bits per heavy atom. The zero-order valence-corrected chi connectivity index (χ0v) is 15.1. The van der Waals surface area contributed by atoms with Gasteiger partial charge in [-0.15, -0.1) is 0 Å². The van der Waals surface area contributed by atoms with Gasteiger partial charge in [0.15, 0.2) is 0 Å². The molecule has 0 radical (unpaired) electrons. The Hall–Kier alpha value is -3.13. The van der Waals surface area contributed by atoms with Crippen LogP contribution in [0.15, 0.2) is 53.3 Å². The summed E-state index contributed by atoms with van der Waals surface area (Å²) in [6, 6.07) is 9.76. The molecule has 3 aromatic rings. The number of amides is 1. The quantitative estimate of drug-likeness (QED) is 0.675. The molecule has 0 saturated carbocycles. The van der Waals surface area contributed by atoms with Gasteiger partial charge in [0.25, 0.3) is 0 Å². The number of hydrogen-bond acceptors (Lipinski definition) is 6. The van der Waals surface area contributed by atoms with E-state index in [9.17, 15) is 9.18 Å². The first-order chi connectivity index (χ1) is 13.7. The summed E-state index contributed by atoms with van der Waals surface area (Å²) in [6.07, 6.45) is 3.71. The number of hydrogen-bond donors (Lipinski definition) is 0. The molecule has 0 N–H and O–H groups in total. The van der Waals surface area contributed by atoms with Crippen LogP contribution < -0.4 is 0 Å². The van der Waals surface area contributed by atoms with Gasteiger partial charge >= 0.3 is 0 Å². The molecule has 1 unspecified atom stereocenters. The summed E-state index contributed by atoms with van der Waals surface area (Å²) in [5, 5.41) is 3.95. The summed E-state index contributed by atoms with van der Waals surface area (Å²) in [5.41, 5.74) is 1.67. The summed E-state index contributed by atoms with van der Waals surface area (Å²) in [5.74, 6) is 0.605. The topological polar surface area (TPSA) is 81.3 Å². The van der Waals surface area contributed by atoms with Gasteiger partial charge in [-0.1, -0.05) is 17.3 Å². The van der Waals surface area contributed by atoms with Gasteiger partial charge in [0.1, 0.15) is 11.9 Å². The van der Waals surface area contributed by atoms with Crippen LogP contribution in [0.4, 0.5) is 4.39 Å². The van der Waals surface area contributed by atoms with E-state index < -0.39 is 0 Å². The van der Waals surface area contributed by atoms with Gasteiger partial charge in [-0.05, 0) is 29.8 Å². The molecule has 1 fully saturated rings. The highest BCUT2D eigenvalue weighted by Gasteiger charge is 2.25. The minimum Gasteiger partial charge on any atom is -0.370 e. The monoisotopic (exact) mass is 382 g/mol. The van der Waals surface area contributed by atoms with Crippen LogP contribution in [-0.2, 0) is 16.0 Å². The van der Waals surface area contributed by atoms with Crippen LogP contribution in [-0.4, -0.2) is 45.6 Å². The predicted molar refractivity (Wildman–Crippen MR) is 97.5 cm³/mol. The Morgan fingerprint density at radius 2 is 1.96 bits per heavy atom. The van der Waals surface area contributed by atoms with Crippen LogP contribution in [0, 0.1) is 5.82 Å². The Balaban J connectivity index is 1.33. The van der Waals surface area contributed by atoms with E-state index in [4.69, 9.17) is 9.26 Å². The third-order valence-corrected chi connectivity index (χ3v) is 4.62. The average molecular weight is 382 g/mol. The van der Waals surface area contributed by atoms with E-state index >= 15 is 0 Å². The second-order valence-electron chi connectivity index (χ2n) is 6.50. The second kappa shape index (κ2) is 8.26. The number of rotatable bonds is 5. The van der Waals surface area contributed by atoms with Crippen molar-refractivity contribution >= 4 is 5.91 Å². The standard InChI is InChI=1S/C20H19FN4O3/c21-16-3-1-14(2-4-16)17-13-25(11-12-27-17)19(26)6-5-18-23-20(24-28-18)15-7-9-22-10-8-15/h1-4,7-10,17H,5-6,11-13H2. The molecule has 28 heavy (non-hydrogen) atoms. The number of ether oxygens (including phenoxy) is 1. The van der Waals surface area contributed by atoms with E-state index in [1.807, 2.05) is 0 Å². The fourth-order valence-corrected chi connectivity index (χ4v) is 3.10. The fourth-order valence-electron chi connectivity index (χ4n) is 3.10. The first kappa shape index (κ1) is 18.2. The van der Waals surface area contributed by atoms with Gasteiger partial charge in [0, 0.05) is 37.3 Å². The molecule has 4 rings (SSSR count). The molecule has 1 aromatic carbocycles. The molecule has 0 bridgehead atoms. The molecule has 7 nitrogen and oxygen atoms in total. The van der Waals surface area contributed by atoms with Crippen molar-refractivity contribution in [2.75, 3.05) is 19.7 Å². The van der Waals surface area contributed by atoms with Crippen LogP contribution in [0.25, 0.3) is 11.4 Å². The summed E-state index contributed by atoms with van der Waals surface area (Å²) in [7, 11) is 0. The lowest BCUT2D eigenvalue weighted by atomic mass is 10.1. The number of halogens is 1. The van der Waals surface area contributed by atoms with Crippen molar-refractivity contribution in [3.8, 4) is 11.4 Å². The summed E-state index contributed by atoms with van der Waals surface area (Å²) < 4.78 is 24.1. The van der Waals surface area contributed by atoms with Crippen LogP contribution in [0.3, 0.4) is 0 Å². The molecule has 0 spiro atoms. The largest absolute Gasteiger partial charge is 0.370 e. The van der Waals surface area contributed by atoms with Crippen molar-refractivity contribution in [3.05, 3.63) is 66.1 Å². The minimum absolute atomic E-state index is 0.000859. The molecule has 0 aliphatic carbocycles. The normalized spacial score (nSPS) is 16.9. The molecule has 3 heterocycles. The molecule has 1 amide bonds. The Morgan fingerprint density at radius 3 is 2.75 bits per heavy atom. The third kappa shape index (κ3) is 4.23. The maximum atomic E-state index is 13.1. The third-order valence-electron chi connectivity index (χ3n) is 4.62. The van der Waals surface area contributed by atoms with E-state index in [-0.39, 0.29) is 24.2 Å². The van der Waals surface area contributed by atoms with Crippen LogP contribution >= 0.6 is 0 Å². The number of aryl methyl sites for hydroxylation is 1. The van der Waals surface area contributed by atoms with Crippen LogP contribution in [0.2, 0.25) is 0 Å². The van der Waals surface area contributed by atoms with Crippen molar-refractivity contribution in [2.45, 2.75) is 18.9 Å². The zero-order valence-electron chi connectivity index (χ0n) is 15.1. The molecule has 2 aromatic heterocycles. The lowest BCUT2D eigenvalue weighted by Crippen LogP contribution is -2.42. The highest BCUT2D eigenvalue weighted by Crippen LogP contribution is 2.23. The number of pyridine rings is 1. The average Bonchev–Trinajstić information content (AvgIpc) is 3.22. The van der Waals surface area contributed by atoms with Gasteiger partial charge in [-0.3, -0.25) is 9.78 Å². The van der Waals surface area contributed by atoms with Gasteiger partial charge in [0.2, 0.25) is 17.6 Å². The minimum atomic E-state index is -0.293. The van der Waals surface area contributed by atoms with E-state index in [0.717, 1.165) is 11.1 Å². The molecule has 1 aliphatic heterocycles. The number of carbonyl (C=O) groups is 1. The van der Waals surface area contributed by atoms with Crippen molar-refractivity contribution < 1.29 is 18.4 Å². The SMILES string of the molecule is O=C(CCc1nc(-c2ccncc2)no1)N1CCOC(c2ccc(F)cc2)C1. The Bertz CT molecular complexity index is 930. The number of benzene rings is 1. The van der Waals surface area contributed by atoms with Crippen LogP contribution in [0.5, 0.6) is 0 Å². The molecule has 1 saturated heterocycles. The fraction of sp³-hybridized carbons (Fsp3) is 0.300. The molecule has 8 heteroatoms. The highest BCUT2D eigenvalue weighted by atomic mass is 19.1. The van der Waals surface area contributed by atoms with Gasteiger partial charge in [0.05, 0.1) is 13.2 Å². The maximum absolute atomic E-state index is 13.1. The first-order valence-corrected chi connectivity index (χ1v) is 9.07. The van der Waals surface area contributed by atoms with E-state index in [2.05, 4.69) is 15.1 Å². The Labute approximate surface area is 161 Å². The first-order valence-electron chi connectivity index (χ1n) is 9.07. The van der Waals surface area contributed by atoms with Gasteiger partial charge in [-0.2, -0.15) is 4.98 Å². The molecule has 144 valence electrons. The molecule has 1 atom stereocenters. The van der Waals surface area contributed by atoms with Crippen LogP contribution in [0.1, 0.15) is 24.0 Å². The summed E-state index contributed by atoms with van der Waals surface area (Å²) >= 11 is 0. The summed E-state index contributed by atoms with van der Waals surface area (Å²) in [4.78, 5) is 22.6. The summed E-state index contributed by atoms with van der Waals surface area (Å²) in [6.45, 7) is 1.42. The van der Waals surface area contributed by atoms with Gasteiger partial charge in [-0.25, -0.2) is 4.39 Å². The molecular weight excluding hydrogens is 363 g/mol. The molecule has 1 aliphatic rings. The number of nitrogens with zero attached hydrogens (tertiary/aromatic N) is 4.